The molecule has 0 bridgehead atoms. The summed E-state index contributed by atoms with van der Waals surface area (Å²) in [6.45, 7) is -0.0778. The molecule has 0 radical (unpaired) electrons. The summed E-state index contributed by atoms with van der Waals surface area (Å²) in [5.74, 6) is -1.27. The number of esters is 2. The van der Waals surface area contributed by atoms with E-state index in [1.165, 1.54) is 19.1 Å². The van der Waals surface area contributed by atoms with Crippen molar-refractivity contribution >= 4 is 17.8 Å². The van der Waals surface area contributed by atoms with Crippen LogP contribution in [0.1, 0.15) is 5.56 Å². The van der Waals surface area contributed by atoms with Crippen molar-refractivity contribution in [3.05, 3.63) is 35.9 Å². The highest BCUT2D eigenvalue weighted by Gasteiger charge is 2.13. The third kappa shape index (κ3) is 6.85. The van der Waals surface area contributed by atoms with Gasteiger partial charge in [-0.2, -0.15) is 0 Å². The lowest BCUT2D eigenvalue weighted by Gasteiger charge is -2.15. The van der Waals surface area contributed by atoms with Crippen molar-refractivity contribution in [2.24, 2.45) is 0 Å². The average molecular weight is 308 g/mol. The van der Waals surface area contributed by atoms with Crippen LogP contribution in [0.15, 0.2) is 30.3 Å². The van der Waals surface area contributed by atoms with Crippen LogP contribution in [0.5, 0.6) is 0 Å². The van der Waals surface area contributed by atoms with Crippen LogP contribution in [-0.2, 0) is 30.5 Å². The molecule has 0 heterocycles. The second kappa shape index (κ2) is 9.51. The van der Waals surface area contributed by atoms with Gasteiger partial charge in [-0.15, -0.1) is 0 Å². The summed E-state index contributed by atoms with van der Waals surface area (Å²) in [4.78, 5) is 35.4. The van der Waals surface area contributed by atoms with Gasteiger partial charge in [-0.05, 0) is 5.56 Å². The molecule has 1 aromatic carbocycles. The van der Waals surface area contributed by atoms with Gasteiger partial charge in [0, 0.05) is 7.05 Å². The van der Waals surface area contributed by atoms with Gasteiger partial charge in [-0.3, -0.25) is 19.7 Å². The Morgan fingerprint density at radius 3 is 2.41 bits per heavy atom. The first-order valence-electron chi connectivity index (χ1n) is 6.74. The Morgan fingerprint density at radius 1 is 1.09 bits per heavy atom. The maximum Gasteiger partial charge on any atom is 0.325 e. The van der Waals surface area contributed by atoms with Crippen LogP contribution < -0.4 is 5.32 Å². The molecule has 0 atom stereocenters. The molecule has 0 aromatic heterocycles. The van der Waals surface area contributed by atoms with Crippen LogP contribution >= 0.6 is 0 Å². The SMILES string of the molecule is COC(=O)CN(C)C(=O)CNCC(=O)OCc1ccccc1. The van der Waals surface area contributed by atoms with E-state index in [9.17, 15) is 14.4 Å². The predicted octanol–water partition coefficient (Wildman–Crippen LogP) is -0.0492. The highest BCUT2D eigenvalue weighted by Crippen LogP contribution is 2.00. The van der Waals surface area contributed by atoms with Gasteiger partial charge in [-0.1, -0.05) is 30.3 Å². The molecule has 1 amide bonds. The minimum Gasteiger partial charge on any atom is -0.468 e. The van der Waals surface area contributed by atoms with Gasteiger partial charge in [0.05, 0.1) is 20.2 Å². The first-order valence-corrected chi connectivity index (χ1v) is 6.74. The standard InChI is InChI=1S/C15H20N2O5/c1-17(10-15(20)21-2)13(18)8-16-9-14(19)22-11-12-6-4-3-5-7-12/h3-7,16H,8-11H2,1-2H3. The van der Waals surface area contributed by atoms with E-state index in [1.807, 2.05) is 30.3 Å². The number of rotatable bonds is 8. The zero-order chi connectivity index (χ0) is 16.4. The minimum atomic E-state index is -0.502. The summed E-state index contributed by atoms with van der Waals surface area (Å²) in [6.07, 6.45) is 0. The highest BCUT2D eigenvalue weighted by molar-refractivity contribution is 5.83. The minimum absolute atomic E-state index is 0.0616. The number of carbonyl (C=O) groups is 3. The Kier molecular flexibility index (Phi) is 7.63. The van der Waals surface area contributed by atoms with Gasteiger partial charge < -0.3 is 14.4 Å². The van der Waals surface area contributed by atoms with Gasteiger partial charge in [0.2, 0.25) is 5.91 Å². The molecule has 1 N–H and O–H groups in total. The van der Waals surface area contributed by atoms with E-state index in [1.54, 1.807) is 0 Å². The Labute approximate surface area is 129 Å². The number of likely N-dealkylation sites (N-methyl/N-ethyl adjacent to an activating group) is 1. The van der Waals surface area contributed by atoms with Gasteiger partial charge >= 0.3 is 11.9 Å². The lowest BCUT2D eigenvalue weighted by atomic mass is 10.2. The number of methoxy groups -OCH3 is 1. The zero-order valence-corrected chi connectivity index (χ0v) is 12.7. The Bertz CT molecular complexity index is 504. The number of carbonyl (C=O) groups excluding carboxylic acids is 3. The maximum atomic E-state index is 11.7. The molecule has 1 aromatic rings. The van der Waals surface area contributed by atoms with E-state index >= 15 is 0 Å². The average Bonchev–Trinajstić information content (AvgIpc) is 2.53. The molecule has 0 fully saturated rings. The third-order valence-electron chi connectivity index (χ3n) is 2.81. The molecule has 7 heteroatoms. The van der Waals surface area contributed by atoms with Crippen LogP contribution in [0.3, 0.4) is 0 Å². The smallest absolute Gasteiger partial charge is 0.325 e. The van der Waals surface area contributed by atoms with Crippen LogP contribution in [0.25, 0.3) is 0 Å². The molecule has 7 nitrogen and oxygen atoms in total. The van der Waals surface area contributed by atoms with E-state index in [0.29, 0.717) is 0 Å². The summed E-state index contributed by atoms with van der Waals surface area (Å²) >= 11 is 0. The Balaban J connectivity index is 2.19. The number of hydrogen-bond donors (Lipinski definition) is 1. The lowest BCUT2D eigenvalue weighted by molar-refractivity contribution is -0.146. The molecule has 0 saturated carbocycles. The fourth-order valence-corrected chi connectivity index (χ4v) is 1.54. The van der Waals surface area contributed by atoms with E-state index < -0.39 is 11.9 Å². The Hall–Kier alpha value is -2.41. The molecule has 0 aliphatic heterocycles. The van der Waals surface area contributed by atoms with Gasteiger partial charge in [0.1, 0.15) is 13.2 Å². The summed E-state index contributed by atoms with van der Waals surface area (Å²) in [5, 5.41) is 2.68. The normalized spacial score (nSPS) is 9.91. The monoisotopic (exact) mass is 308 g/mol. The zero-order valence-electron chi connectivity index (χ0n) is 12.7. The molecular formula is C15H20N2O5. The first kappa shape index (κ1) is 17.6. The van der Waals surface area contributed by atoms with Gasteiger partial charge in [0.15, 0.2) is 0 Å². The molecule has 1 rings (SSSR count). The fourth-order valence-electron chi connectivity index (χ4n) is 1.54. The Morgan fingerprint density at radius 2 is 1.77 bits per heavy atom. The largest absolute Gasteiger partial charge is 0.468 e. The maximum absolute atomic E-state index is 11.7. The topological polar surface area (TPSA) is 84.9 Å². The highest BCUT2D eigenvalue weighted by atomic mass is 16.5. The van der Waals surface area contributed by atoms with Crippen LogP contribution in [0.2, 0.25) is 0 Å². The number of benzene rings is 1. The van der Waals surface area contributed by atoms with Crippen molar-refractivity contribution in [1.29, 1.82) is 0 Å². The number of hydrogen-bond acceptors (Lipinski definition) is 6. The van der Waals surface area contributed by atoms with Crippen molar-refractivity contribution in [3.8, 4) is 0 Å². The molecule has 0 unspecified atom stereocenters. The molecule has 0 spiro atoms. The van der Waals surface area contributed by atoms with E-state index in [-0.39, 0.29) is 32.1 Å². The van der Waals surface area contributed by atoms with Crippen molar-refractivity contribution in [3.63, 3.8) is 0 Å². The van der Waals surface area contributed by atoms with E-state index in [0.717, 1.165) is 5.56 Å². The fraction of sp³-hybridized carbons (Fsp3) is 0.400. The third-order valence-corrected chi connectivity index (χ3v) is 2.81. The number of nitrogens with one attached hydrogen (secondary N) is 1. The molecular weight excluding hydrogens is 288 g/mol. The van der Waals surface area contributed by atoms with Gasteiger partial charge in [-0.25, -0.2) is 0 Å². The summed E-state index contributed by atoms with van der Waals surface area (Å²) in [5.41, 5.74) is 0.893. The van der Waals surface area contributed by atoms with Crippen molar-refractivity contribution in [1.82, 2.24) is 10.2 Å². The molecule has 0 saturated heterocycles. The van der Waals surface area contributed by atoms with Crippen molar-refractivity contribution in [2.45, 2.75) is 6.61 Å². The molecule has 0 aliphatic carbocycles. The van der Waals surface area contributed by atoms with Crippen LogP contribution in [-0.4, -0.2) is 56.5 Å². The number of amides is 1. The van der Waals surface area contributed by atoms with E-state index in [2.05, 4.69) is 10.1 Å². The van der Waals surface area contributed by atoms with Crippen LogP contribution in [0.4, 0.5) is 0 Å². The van der Waals surface area contributed by atoms with E-state index in [4.69, 9.17) is 4.74 Å². The van der Waals surface area contributed by atoms with Crippen LogP contribution in [0, 0.1) is 0 Å². The molecule has 22 heavy (non-hydrogen) atoms. The quantitative estimate of drug-likeness (QED) is 0.678. The molecule has 120 valence electrons. The number of nitrogens with zero attached hydrogens (tertiary/aromatic N) is 1. The summed E-state index contributed by atoms with van der Waals surface area (Å²) < 4.78 is 9.51. The predicted molar refractivity (Wildman–Crippen MR) is 78.8 cm³/mol. The second-order valence-electron chi connectivity index (χ2n) is 4.58. The van der Waals surface area contributed by atoms with Crippen molar-refractivity contribution in [2.75, 3.05) is 33.8 Å². The molecule has 0 aliphatic rings. The summed E-state index contributed by atoms with van der Waals surface area (Å²) in [6, 6.07) is 9.30. The first-order chi connectivity index (χ1) is 10.5. The number of ether oxygens (including phenoxy) is 2. The summed E-state index contributed by atoms with van der Waals surface area (Å²) in [7, 11) is 2.73. The van der Waals surface area contributed by atoms with Crippen molar-refractivity contribution < 1.29 is 23.9 Å². The van der Waals surface area contributed by atoms with Gasteiger partial charge in [0.25, 0.3) is 0 Å². The second-order valence-corrected chi connectivity index (χ2v) is 4.58. The lowest BCUT2D eigenvalue weighted by Crippen LogP contribution is -2.40.